The maximum atomic E-state index is 12.5. The first-order valence-corrected chi connectivity index (χ1v) is 10.3. The smallest absolute Gasteiger partial charge is 0.376 e. The van der Waals surface area contributed by atoms with Crippen LogP contribution in [0, 0.1) is 0 Å². The predicted molar refractivity (Wildman–Crippen MR) is 106 cm³/mol. The first-order chi connectivity index (χ1) is 14.4. The summed E-state index contributed by atoms with van der Waals surface area (Å²) in [7, 11) is -5.82. The Hall–Kier alpha value is -3.12. The molecular weight excluding hydrogens is 463 g/mol. The number of halogens is 4. The minimum absolute atomic E-state index is 0.125. The summed E-state index contributed by atoms with van der Waals surface area (Å²) in [6, 6.07) is 10.6. The third kappa shape index (κ3) is 6.43. The molecule has 0 aromatic heterocycles. The van der Waals surface area contributed by atoms with Crippen molar-refractivity contribution in [3.63, 3.8) is 0 Å². The van der Waals surface area contributed by atoms with E-state index in [0.29, 0.717) is 10.6 Å². The van der Waals surface area contributed by atoms with E-state index < -0.39 is 33.2 Å². The Labute approximate surface area is 180 Å². The third-order valence-electron chi connectivity index (χ3n) is 3.55. The van der Waals surface area contributed by atoms with Crippen LogP contribution in [0.1, 0.15) is 18.1 Å². The lowest BCUT2D eigenvalue weighted by atomic mass is 10.0. The fraction of sp³-hybridized carbons (Fsp3) is 0.167. The highest BCUT2D eigenvalue weighted by Crippen LogP contribution is 2.27. The molecule has 2 N–H and O–H groups in total. The number of rotatable bonds is 6. The summed E-state index contributed by atoms with van der Waals surface area (Å²) in [6.07, 6.45) is 0. The van der Waals surface area contributed by atoms with Gasteiger partial charge in [0.05, 0.1) is 5.71 Å². The second kappa shape index (κ2) is 9.79. The fourth-order valence-corrected chi connectivity index (χ4v) is 2.73. The highest BCUT2D eigenvalue weighted by Gasteiger charge is 2.48. The van der Waals surface area contributed by atoms with Crippen LogP contribution in [0.4, 0.5) is 13.2 Å². The molecule has 166 valence electrons. The molecule has 0 spiro atoms. The standard InChI is InChI=1S/C18H15ClF3N3O5S/c1-2-23-16(26)17(27)25-24-15(11-3-7-13(19)8-4-11)12-5-9-14(10-6-12)30-31(28,29)18(20,21)22/h3-10H,2H2,1H3,(H,23,26)(H,25,27)/b24-15-. The molecule has 2 amide bonds. The number of hydrogen-bond acceptors (Lipinski definition) is 6. The zero-order chi connectivity index (χ0) is 23.2. The minimum atomic E-state index is -5.82. The highest BCUT2D eigenvalue weighted by molar-refractivity contribution is 7.88. The maximum Gasteiger partial charge on any atom is 0.534 e. The van der Waals surface area contributed by atoms with E-state index in [0.717, 1.165) is 12.1 Å². The van der Waals surface area contributed by atoms with Crippen LogP contribution in [0.5, 0.6) is 5.75 Å². The van der Waals surface area contributed by atoms with Crippen LogP contribution >= 0.6 is 11.6 Å². The van der Waals surface area contributed by atoms with E-state index in [4.69, 9.17) is 11.6 Å². The first-order valence-electron chi connectivity index (χ1n) is 8.47. The van der Waals surface area contributed by atoms with E-state index in [1.807, 2.05) is 0 Å². The molecule has 0 aliphatic rings. The van der Waals surface area contributed by atoms with Crippen molar-refractivity contribution in [1.82, 2.24) is 10.7 Å². The molecule has 0 heterocycles. The highest BCUT2D eigenvalue weighted by atomic mass is 35.5. The number of hydrazone groups is 1. The molecule has 0 fully saturated rings. The second-order valence-electron chi connectivity index (χ2n) is 5.78. The quantitative estimate of drug-likeness (QED) is 0.218. The molecule has 13 heteroatoms. The maximum absolute atomic E-state index is 12.5. The SMILES string of the molecule is CCNC(=O)C(=O)N/N=C(/c1ccc(Cl)cc1)c1ccc(OS(=O)(=O)C(F)(F)F)cc1. The summed E-state index contributed by atoms with van der Waals surface area (Å²) >= 11 is 5.86. The first kappa shape index (κ1) is 24.2. The number of alkyl halides is 3. The van der Waals surface area contributed by atoms with Gasteiger partial charge in [0.15, 0.2) is 0 Å². The van der Waals surface area contributed by atoms with Crippen LogP contribution in [0.3, 0.4) is 0 Å². The van der Waals surface area contributed by atoms with Crippen LogP contribution in [-0.2, 0) is 19.7 Å². The number of nitrogens with zero attached hydrogens (tertiary/aromatic N) is 1. The number of nitrogens with one attached hydrogen (secondary N) is 2. The van der Waals surface area contributed by atoms with Crippen molar-refractivity contribution >= 4 is 39.2 Å². The van der Waals surface area contributed by atoms with Gasteiger partial charge in [-0.3, -0.25) is 9.59 Å². The largest absolute Gasteiger partial charge is 0.534 e. The Bertz CT molecular complexity index is 1090. The molecule has 2 rings (SSSR count). The summed E-state index contributed by atoms with van der Waals surface area (Å²) < 4.78 is 63.7. The van der Waals surface area contributed by atoms with Gasteiger partial charge >= 0.3 is 27.4 Å². The number of amides is 2. The van der Waals surface area contributed by atoms with Crippen molar-refractivity contribution in [2.75, 3.05) is 6.54 Å². The van der Waals surface area contributed by atoms with Gasteiger partial charge in [-0.2, -0.15) is 26.7 Å². The second-order valence-corrected chi connectivity index (χ2v) is 7.75. The van der Waals surface area contributed by atoms with Crippen molar-refractivity contribution in [3.05, 3.63) is 64.7 Å². The van der Waals surface area contributed by atoms with Gasteiger partial charge in [-0.1, -0.05) is 23.7 Å². The number of likely N-dealkylation sites (N-methyl/N-ethyl adjacent to an activating group) is 1. The summed E-state index contributed by atoms with van der Waals surface area (Å²) in [4.78, 5) is 23.4. The van der Waals surface area contributed by atoms with E-state index in [1.165, 1.54) is 24.3 Å². The third-order valence-corrected chi connectivity index (χ3v) is 4.78. The Kier molecular flexibility index (Phi) is 7.63. The molecule has 31 heavy (non-hydrogen) atoms. The number of hydrogen-bond donors (Lipinski definition) is 2. The van der Waals surface area contributed by atoms with Crippen molar-refractivity contribution in [1.29, 1.82) is 0 Å². The topological polar surface area (TPSA) is 114 Å². The molecule has 0 aliphatic heterocycles. The summed E-state index contributed by atoms with van der Waals surface area (Å²) in [5.74, 6) is -2.53. The van der Waals surface area contributed by atoms with Crippen molar-refractivity contribution in [2.24, 2.45) is 5.10 Å². The van der Waals surface area contributed by atoms with E-state index >= 15 is 0 Å². The van der Waals surface area contributed by atoms with Gasteiger partial charge in [0.2, 0.25) is 0 Å². The van der Waals surface area contributed by atoms with E-state index in [1.54, 1.807) is 19.1 Å². The Morgan fingerprint density at radius 3 is 2.00 bits per heavy atom. The van der Waals surface area contributed by atoms with Gasteiger partial charge in [-0.05, 0) is 43.3 Å². The zero-order valence-corrected chi connectivity index (χ0v) is 17.3. The predicted octanol–water partition coefficient (Wildman–Crippen LogP) is 2.57. The lowest BCUT2D eigenvalue weighted by Crippen LogP contribution is -2.38. The molecule has 0 saturated carbocycles. The Balaban J connectivity index is 2.36. The van der Waals surface area contributed by atoms with E-state index in [9.17, 15) is 31.2 Å². The van der Waals surface area contributed by atoms with Gasteiger partial charge in [0.1, 0.15) is 5.75 Å². The lowest BCUT2D eigenvalue weighted by molar-refractivity contribution is -0.139. The van der Waals surface area contributed by atoms with Crippen LogP contribution in [0.2, 0.25) is 5.02 Å². The lowest BCUT2D eigenvalue weighted by Gasteiger charge is -2.11. The molecule has 2 aromatic rings. The molecule has 0 saturated heterocycles. The Morgan fingerprint density at radius 2 is 1.52 bits per heavy atom. The van der Waals surface area contributed by atoms with Gasteiger partial charge in [-0.15, -0.1) is 0 Å². The van der Waals surface area contributed by atoms with Gasteiger partial charge in [0, 0.05) is 22.7 Å². The average molecular weight is 478 g/mol. The fourth-order valence-electron chi connectivity index (χ4n) is 2.14. The summed E-state index contributed by atoms with van der Waals surface area (Å²) in [5, 5.41) is 6.62. The molecule has 0 bridgehead atoms. The number of carbonyl (C=O) groups is 2. The van der Waals surface area contributed by atoms with Crippen LogP contribution < -0.4 is 14.9 Å². The van der Waals surface area contributed by atoms with Gasteiger partial charge < -0.3 is 9.50 Å². The number of benzene rings is 2. The molecular formula is C18H15ClF3N3O5S. The molecule has 2 aromatic carbocycles. The van der Waals surface area contributed by atoms with E-state index in [-0.39, 0.29) is 17.8 Å². The molecule has 0 atom stereocenters. The molecule has 0 unspecified atom stereocenters. The Morgan fingerprint density at radius 1 is 1.00 bits per heavy atom. The monoisotopic (exact) mass is 477 g/mol. The number of carbonyl (C=O) groups excluding carboxylic acids is 2. The minimum Gasteiger partial charge on any atom is -0.376 e. The van der Waals surface area contributed by atoms with Crippen LogP contribution in [0.25, 0.3) is 0 Å². The molecule has 8 nitrogen and oxygen atoms in total. The van der Waals surface area contributed by atoms with Crippen molar-refractivity contribution in [2.45, 2.75) is 12.4 Å². The normalized spacial score (nSPS) is 12.2. The van der Waals surface area contributed by atoms with Crippen LogP contribution in [-0.4, -0.2) is 38.0 Å². The average Bonchev–Trinajstić information content (AvgIpc) is 2.69. The van der Waals surface area contributed by atoms with Crippen molar-refractivity contribution < 1.29 is 35.4 Å². The van der Waals surface area contributed by atoms with Crippen molar-refractivity contribution in [3.8, 4) is 5.75 Å². The molecule has 0 radical (unpaired) electrons. The van der Waals surface area contributed by atoms with Crippen LogP contribution in [0.15, 0.2) is 53.6 Å². The van der Waals surface area contributed by atoms with Gasteiger partial charge in [0.25, 0.3) is 0 Å². The summed E-state index contributed by atoms with van der Waals surface area (Å²) in [5.41, 5.74) is -2.66. The van der Waals surface area contributed by atoms with E-state index in [2.05, 4.69) is 20.0 Å². The molecule has 0 aliphatic carbocycles. The zero-order valence-electron chi connectivity index (χ0n) is 15.7. The summed E-state index contributed by atoms with van der Waals surface area (Å²) in [6.45, 7) is 1.85. The van der Waals surface area contributed by atoms with Gasteiger partial charge in [-0.25, -0.2) is 5.43 Å².